The van der Waals surface area contributed by atoms with E-state index < -0.39 is 5.69 Å². The minimum atomic E-state index is -0.599. The van der Waals surface area contributed by atoms with Crippen molar-refractivity contribution in [3.8, 4) is 11.3 Å². The van der Waals surface area contributed by atoms with Gasteiger partial charge in [0.25, 0.3) is 0 Å². The first-order valence-electron chi connectivity index (χ1n) is 7.07. The van der Waals surface area contributed by atoms with Gasteiger partial charge in [0.15, 0.2) is 0 Å². The Kier molecular flexibility index (Phi) is 4.35. The van der Waals surface area contributed by atoms with Crippen LogP contribution in [0.5, 0.6) is 0 Å². The summed E-state index contributed by atoms with van der Waals surface area (Å²) in [6, 6.07) is 15.0. The van der Waals surface area contributed by atoms with Crippen molar-refractivity contribution in [3.63, 3.8) is 0 Å². The number of nitrogens with two attached hydrogens (primary N) is 1. The molecule has 3 rings (SSSR count). The molecule has 0 saturated heterocycles. The first-order valence-corrected chi connectivity index (χ1v) is 7.47. The molecular formula is C17H13FN4OS. The minimum Gasteiger partial charge on any atom is -0.383 e. The van der Waals surface area contributed by atoms with Gasteiger partial charge in [0.2, 0.25) is 0 Å². The molecule has 0 amide bonds. The van der Waals surface area contributed by atoms with Crippen molar-refractivity contribution in [2.45, 2.75) is 0 Å². The van der Waals surface area contributed by atoms with Gasteiger partial charge >= 0.3 is 5.69 Å². The lowest BCUT2D eigenvalue weighted by Crippen LogP contribution is -2.22. The Bertz CT molecular complexity index is 939. The molecule has 0 saturated carbocycles. The van der Waals surface area contributed by atoms with Crippen LogP contribution in [0, 0.1) is 5.82 Å². The highest BCUT2D eigenvalue weighted by Gasteiger charge is 2.16. The number of para-hydroxylation sites is 1. The third-order valence-electron chi connectivity index (χ3n) is 3.35. The zero-order valence-corrected chi connectivity index (χ0v) is 13.2. The van der Waals surface area contributed by atoms with Crippen LogP contribution in [0.25, 0.3) is 11.3 Å². The largest absolute Gasteiger partial charge is 0.383 e. The van der Waals surface area contributed by atoms with E-state index >= 15 is 0 Å². The molecule has 24 heavy (non-hydrogen) atoms. The highest BCUT2D eigenvalue weighted by Crippen LogP contribution is 2.25. The fourth-order valence-corrected chi connectivity index (χ4v) is 2.59. The molecule has 0 spiro atoms. The van der Waals surface area contributed by atoms with E-state index in [0.29, 0.717) is 21.8 Å². The van der Waals surface area contributed by atoms with E-state index in [0.717, 1.165) is 5.69 Å². The van der Waals surface area contributed by atoms with Gasteiger partial charge in [-0.25, -0.2) is 9.18 Å². The summed E-state index contributed by atoms with van der Waals surface area (Å²) < 4.78 is 13.2. The fourth-order valence-electron chi connectivity index (χ4n) is 2.27. The van der Waals surface area contributed by atoms with Gasteiger partial charge in [0.1, 0.15) is 16.6 Å². The Labute approximate surface area is 142 Å². The van der Waals surface area contributed by atoms with Gasteiger partial charge in [0.05, 0.1) is 11.3 Å². The monoisotopic (exact) mass is 340 g/mol. The second-order valence-corrected chi connectivity index (χ2v) is 5.41. The lowest BCUT2D eigenvalue weighted by Gasteiger charge is -2.14. The van der Waals surface area contributed by atoms with Crippen LogP contribution in [-0.4, -0.2) is 15.0 Å². The predicted octanol–water partition coefficient (Wildman–Crippen LogP) is 2.95. The van der Waals surface area contributed by atoms with E-state index in [1.807, 2.05) is 30.3 Å². The average molecular weight is 340 g/mol. The smallest absolute Gasteiger partial charge is 0.347 e. The quantitative estimate of drug-likeness (QED) is 0.639. The number of halogens is 1. The van der Waals surface area contributed by atoms with Crippen LogP contribution in [0.2, 0.25) is 0 Å². The molecule has 0 aliphatic heterocycles. The maximum Gasteiger partial charge on any atom is 0.347 e. The molecule has 1 heterocycles. The molecule has 0 aliphatic rings. The van der Waals surface area contributed by atoms with Crippen molar-refractivity contribution in [2.24, 2.45) is 0 Å². The van der Waals surface area contributed by atoms with E-state index in [1.54, 1.807) is 0 Å². The molecule has 0 radical (unpaired) electrons. The van der Waals surface area contributed by atoms with Gasteiger partial charge in [-0.3, -0.25) is 0 Å². The molecule has 0 unspecified atom stereocenters. The highest BCUT2D eigenvalue weighted by atomic mass is 32.1. The SMILES string of the molecule is Nc1nc(=O)[nH]c(-c2ccc(F)cc2)c1C(=S)Nc1ccccc1. The number of nitrogens with zero attached hydrogens (tertiary/aromatic N) is 1. The number of hydrogen-bond acceptors (Lipinski definition) is 4. The van der Waals surface area contributed by atoms with Crippen molar-refractivity contribution >= 4 is 28.7 Å². The topological polar surface area (TPSA) is 83.8 Å². The van der Waals surface area contributed by atoms with Crippen LogP contribution >= 0.6 is 12.2 Å². The third-order valence-corrected chi connectivity index (χ3v) is 3.66. The van der Waals surface area contributed by atoms with Gasteiger partial charge < -0.3 is 16.0 Å². The van der Waals surface area contributed by atoms with Gasteiger partial charge in [-0.1, -0.05) is 30.4 Å². The number of thiocarbonyl (C=S) groups is 1. The predicted molar refractivity (Wildman–Crippen MR) is 96.4 cm³/mol. The van der Waals surface area contributed by atoms with Gasteiger partial charge in [0, 0.05) is 5.69 Å². The Balaban J connectivity index is 2.08. The number of nitrogens with one attached hydrogen (secondary N) is 2. The van der Waals surface area contributed by atoms with E-state index in [1.165, 1.54) is 24.3 Å². The summed E-state index contributed by atoms with van der Waals surface area (Å²) in [4.78, 5) is 18.3. The molecular weight excluding hydrogens is 327 g/mol. The number of rotatable bonds is 3. The molecule has 2 aromatic carbocycles. The molecule has 1 aromatic heterocycles. The highest BCUT2D eigenvalue weighted by molar-refractivity contribution is 7.81. The van der Waals surface area contributed by atoms with Crippen molar-refractivity contribution < 1.29 is 4.39 Å². The first-order chi connectivity index (χ1) is 11.5. The summed E-state index contributed by atoms with van der Waals surface area (Å²) in [6.07, 6.45) is 0. The number of aromatic amines is 1. The number of H-pyrrole nitrogens is 1. The Morgan fingerprint density at radius 3 is 2.46 bits per heavy atom. The van der Waals surface area contributed by atoms with Crippen LogP contribution in [0.15, 0.2) is 59.4 Å². The number of hydrogen-bond donors (Lipinski definition) is 3. The molecule has 0 atom stereocenters. The normalized spacial score (nSPS) is 10.4. The number of anilines is 2. The second kappa shape index (κ2) is 6.59. The zero-order valence-electron chi connectivity index (χ0n) is 12.4. The van der Waals surface area contributed by atoms with Crippen molar-refractivity contribution in [1.82, 2.24) is 9.97 Å². The molecule has 4 N–H and O–H groups in total. The second-order valence-electron chi connectivity index (χ2n) is 5.00. The van der Waals surface area contributed by atoms with E-state index in [-0.39, 0.29) is 11.6 Å². The summed E-state index contributed by atoms with van der Waals surface area (Å²) in [7, 11) is 0. The maximum absolute atomic E-state index is 13.2. The lowest BCUT2D eigenvalue weighted by molar-refractivity contribution is 0.628. The fraction of sp³-hybridized carbons (Fsp3) is 0. The van der Waals surface area contributed by atoms with Crippen molar-refractivity contribution in [2.75, 3.05) is 11.1 Å². The molecule has 0 bridgehead atoms. The zero-order chi connectivity index (χ0) is 17.1. The molecule has 120 valence electrons. The summed E-state index contributed by atoms with van der Waals surface area (Å²) >= 11 is 5.42. The standard InChI is InChI=1S/C17H13FN4OS/c18-11-8-6-10(7-9-11)14-13(15(19)22-17(23)21-14)16(24)20-12-4-2-1-3-5-12/h1-9H,(H,20,24)(H3,19,21,22,23). The van der Waals surface area contributed by atoms with Gasteiger partial charge in [-0.15, -0.1) is 0 Å². The van der Waals surface area contributed by atoms with Crippen LogP contribution in [-0.2, 0) is 0 Å². The van der Waals surface area contributed by atoms with Gasteiger partial charge in [-0.2, -0.15) is 4.98 Å². The third kappa shape index (κ3) is 3.31. The maximum atomic E-state index is 13.2. The van der Waals surface area contributed by atoms with E-state index in [2.05, 4.69) is 15.3 Å². The van der Waals surface area contributed by atoms with E-state index in [4.69, 9.17) is 18.0 Å². The molecule has 0 aliphatic carbocycles. The van der Waals surface area contributed by atoms with E-state index in [9.17, 15) is 9.18 Å². The van der Waals surface area contributed by atoms with Crippen molar-refractivity contribution in [3.05, 3.63) is 76.5 Å². The van der Waals surface area contributed by atoms with Crippen LogP contribution in [0.3, 0.4) is 0 Å². The van der Waals surface area contributed by atoms with Crippen molar-refractivity contribution in [1.29, 1.82) is 0 Å². The molecule has 5 nitrogen and oxygen atoms in total. The van der Waals surface area contributed by atoms with Gasteiger partial charge in [-0.05, 0) is 42.0 Å². The number of nitrogen functional groups attached to an aromatic ring is 1. The Hall–Kier alpha value is -3.06. The molecule has 7 heteroatoms. The number of aromatic nitrogens is 2. The Morgan fingerprint density at radius 2 is 1.79 bits per heavy atom. The summed E-state index contributed by atoms with van der Waals surface area (Å²) in [5.74, 6) is -0.374. The van der Waals surface area contributed by atoms with Crippen LogP contribution in [0.1, 0.15) is 5.56 Å². The lowest BCUT2D eigenvalue weighted by atomic mass is 10.1. The summed E-state index contributed by atoms with van der Waals surface area (Å²) in [6.45, 7) is 0. The first kappa shape index (κ1) is 15.8. The molecule has 3 aromatic rings. The minimum absolute atomic E-state index is 0.00602. The number of benzene rings is 2. The summed E-state index contributed by atoms with van der Waals surface area (Å²) in [5.41, 5.74) is 7.45. The summed E-state index contributed by atoms with van der Waals surface area (Å²) in [5, 5.41) is 3.06. The average Bonchev–Trinajstić information content (AvgIpc) is 2.55. The Morgan fingerprint density at radius 1 is 1.12 bits per heavy atom. The van der Waals surface area contributed by atoms with Crippen LogP contribution in [0.4, 0.5) is 15.9 Å². The van der Waals surface area contributed by atoms with Crippen LogP contribution < -0.4 is 16.7 Å². The molecule has 0 fully saturated rings.